The monoisotopic (exact) mass is 397 g/mol. The molecule has 3 rings (SSSR count). The molecule has 1 aromatic carbocycles. The topological polar surface area (TPSA) is 92.7 Å². The first kappa shape index (κ1) is 19.9. The van der Waals surface area contributed by atoms with Crippen LogP contribution >= 0.6 is 11.8 Å². The van der Waals surface area contributed by atoms with Gasteiger partial charge in [0.1, 0.15) is 0 Å². The van der Waals surface area contributed by atoms with Gasteiger partial charge in [0, 0.05) is 30.4 Å². The number of nitrogens with one attached hydrogen (secondary N) is 2. The Morgan fingerprint density at radius 2 is 2.04 bits per heavy atom. The average Bonchev–Trinajstić information content (AvgIpc) is 3.17. The van der Waals surface area contributed by atoms with Crippen LogP contribution in [0.3, 0.4) is 0 Å². The lowest BCUT2D eigenvalue weighted by atomic mass is 10.1. The van der Waals surface area contributed by atoms with Crippen LogP contribution in [0.5, 0.6) is 0 Å². The van der Waals surface area contributed by atoms with Crippen molar-refractivity contribution in [1.29, 1.82) is 0 Å². The summed E-state index contributed by atoms with van der Waals surface area (Å²) in [6, 6.07) is 9.87. The maximum atomic E-state index is 12.1. The van der Waals surface area contributed by atoms with Crippen molar-refractivity contribution >= 4 is 17.7 Å². The fraction of sp³-hybridized carbons (Fsp3) is 0.300. The standard InChI is InChI=1S/C20H23N5O2S/c1-14-17(19(27)24-20(23-14)28-2)8-9-18(26)21-11-10-15-12-22-25(13-15)16-6-4-3-5-7-16/h3-7,12-13H,8-11H2,1-2H3,(H,21,26)(H,23,24,27). The predicted octanol–water partition coefficient (Wildman–Crippen LogP) is 2.28. The zero-order valence-corrected chi connectivity index (χ0v) is 16.8. The molecule has 28 heavy (non-hydrogen) atoms. The van der Waals surface area contributed by atoms with Crippen LogP contribution in [0.25, 0.3) is 5.69 Å². The summed E-state index contributed by atoms with van der Waals surface area (Å²) in [6.07, 6.45) is 6.95. The average molecular weight is 398 g/mol. The van der Waals surface area contributed by atoms with Gasteiger partial charge in [-0.05, 0) is 43.7 Å². The summed E-state index contributed by atoms with van der Waals surface area (Å²) in [5, 5.41) is 7.84. The van der Waals surface area contributed by atoms with Crippen LogP contribution in [0.1, 0.15) is 23.2 Å². The second kappa shape index (κ2) is 9.36. The summed E-state index contributed by atoms with van der Waals surface area (Å²) in [4.78, 5) is 31.3. The zero-order valence-electron chi connectivity index (χ0n) is 15.9. The molecule has 0 fully saturated rings. The Morgan fingerprint density at radius 1 is 1.25 bits per heavy atom. The third-order valence-electron chi connectivity index (χ3n) is 4.39. The van der Waals surface area contributed by atoms with Gasteiger partial charge in [-0.15, -0.1) is 0 Å². The third-order valence-corrected chi connectivity index (χ3v) is 4.97. The molecule has 0 aliphatic heterocycles. The summed E-state index contributed by atoms with van der Waals surface area (Å²) in [7, 11) is 0. The molecule has 146 valence electrons. The minimum atomic E-state index is -0.169. The van der Waals surface area contributed by atoms with Gasteiger partial charge in [0.15, 0.2) is 5.16 Å². The molecule has 0 saturated heterocycles. The van der Waals surface area contributed by atoms with Crippen LogP contribution in [0.15, 0.2) is 52.7 Å². The quantitative estimate of drug-likeness (QED) is 0.449. The molecule has 7 nitrogen and oxygen atoms in total. The molecule has 8 heteroatoms. The Kier molecular flexibility index (Phi) is 6.65. The summed E-state index contributed by atoms with van der Waals surface area (Å²) < 4.78 is 1.82. The Labute approximate surface area is 167 Å². The first-order chi connectivity index (χ1) is 13.6. The van der Waals surface area contributed by atoms with Gasteiger partial charge in [0.2, 0.25) is 5.91 Å². The number of nitrogens with zero attached hydrogens (tertiary/aromatic N) is 3. The van der Waals surface area contributed by atoms with Crippen LogP contribution in [0.2, 0.25) is 0 Å². The van der Waals surface area contributed by atoms with Gasteiger partial charge in [-0.25, -0.2) is 9.67 Å². The van der Waals surface area contributed by atoms with Crippen molar-refractivity contribution in [3.8, 4) is 5.69 Å². The number of para-hydroxylation sites is 1. The Morgan fingerprint density at radius 3 is 2.75 bits per heavy atom. The molecule has 3 aromatic rings. The molecule has 1 amide bonds. The Bertz CT molecular complexity index is 997. The van der Waals surface area contributed by atoms with E-state index in [1.165, 1.54) is 11.8 Å². The summed E-state index contributed by atoms with van der Waals surface area (Å²) in [5.41, 5.74) is 3.12. The van der Waals surface area contributed by atoms with Crippen molar-refractivity contribution in [1.82, 2.24) is 25.1 Å². The van der Waals surface area contributed by atoms with Crippen molar-refractivity contribution in [3.05, 3.63) is 69.9 Å². The summed E-state index contributed by atoms with van der Waals surface area (Å²) in [6.45, 7) is 2.32. The molecular formula is C20H23N5O2S. The summed E-state index contributed by atoms with van der Waals surface area (Å²) in [5.74, 6) is -0.0804. The van der Waals surface area contributed by atoms with E-state index in [0.29, 0.717) is 35.8 Å². The maximum absolute atomic E-state index is 12.1. The molecule has 2 N–H and O–H groups in total. The first-order valence-corrected chi connectivity index (χ1v) is 10.3. The normalized spacial score (nSPS) is 10.8. The first-order valence-electron chi connectivity index (χ1n) is 9.06. The lowest BCUT2D eigenvalue weighted by molar-refractivity contribution is -0.121. The number of aryl methyl sites for hydroxylation is 1. The number of carbonyl (C=O) groups excluding carboxylic acids is 1. The molecular weight excluding hydrogens is 374 g/mol. The number of carbonyl (C=O) groups is 1. The van der Waals surface area contributed by atoms with Crippen molar-refractivity contribution in [2.24, 2.45) is 0 Å². The van der Waals surface area contributed by atoms with Crippen LogP contribution in [-0.4, -0.2) is 38.5 Å². The van der Waals surface area contributed by atoms with Crippen molar-refractivity contribution in [3.63, 3.8) is 0 Å². The lowest BCUT2D eigenvalue weighted by Gasteiger charge is -2.07. The fourth-order valence-electron chi connectivity index (χ4n) is 2.86. The molecule has 0 unspecified atom stereocenters. The molecule has 0 saturated carbocycles. The van der Waals surface area contributed by atoms with E-state index in [2.05, 4.69) is 20.4 Å². The highest BCUT2D eigenvalue weighted by molar-refractivity contribution is 7.98. The Hall–Kier alpha value is -2.87. The fourth-order valence-corrected chi connectivity index (χ4v) is 3.28. The smallest absolute Gasteiger partial charge is 0.254 e. The third kappa shape index (κ3) is 5.10. The summed E-state index contributed by atoms with van der Waals surface area (Å²) >= 11 is 1.39. The number of hydrogen-bond acceptors (Lipinski definition) is 5. The van der Waals surface area contributed by atoms with E-state index in [4.69, 9.17) is 0 Å². The molecule has 0 radical (unpaired) electrons. The second-order valence-corrected chi connectivity index (χ2v) is 7.16. The van der Waals surface area contributed by atoms with Crippen molar-refractivity contribution in [2.45, 2.75) is 31.3 Å². The Balaban J connectivity index is 1.47. The van der Waals surface area contributed by atoms with Crippen LogP contribution in [-0.2, 0) is 17.6 Å². The minimum absolute atomic E-state index is 0.0804. The molecule has 0 bridgehead atoms. The number of H-pyrrole nitrogens is 1. The number of benzene rings is 1. The second-order valence-electron chi connectivity index (χ2n) is 6.37. The number of aromatic nitrogens is 4. The van der Waals surface area contributed by atoms with Gasteiger partial charge in [-0.1, -0.05) is 30.0 Å². The van der Waals surface area contributed by atoms with Gasteiger partial charge < -0.3 is 10.3 Å². The van der Waals surface area contributed by atoms with E-state index >= 15 is 0 Å². The molecule has 0 aliphatic carbocycles. The number of thioether (sulfide) groups is 1. The van der Waals surface area contributed by atoms with Crippen LogP contribution in [0, 0.1) is 6.92 Å². The van der Waals surface area contributed by atoms with Crippen molar-refractivity contribution in [2.75, 3.05) is 12.8 Å². The van der Waals surface area contributed by atoms with Gasteiger partial charge in [-0.3, -0.25) is 9.59 Å². The number of amides is 1. The molecule has 0 atom stereocenters. The van der Waals surface area contributed by atoms with Crippen LogP contribution < -0.4 is 10.9 Å². The highest BCUT2D eigenvalue weighted by atomic mass is 32.2. The van der Waals surface area contributed by atoms with E-state index < -0.39 is 0 Å². The number of hydrogen-bond donors (Lipinski definition) is 2. The van der Waals surface area contributed by atoms with E-state index in [0.717, 1.165) is 11.3 Å². The van der Waals surface area contributed by atoms with E-state index in [1.807, 2.05) is 47.5 Å². The van der Waals surface area contributed by atoms with Gasteiger partial charge in [0.05, 0.1) is 11.9 Å². The molecule has 0 aliphatic rings. The molecule has 0 spiro atoms. The lowest BCUT2D eigenvalue weighted by Crippen LogP contribution is -2.27. The largest absolute Gasteiger partial charge is 0.356 e. The van der Waals surface area contributed by atoms with Gasteiger partial charge in [-0.2, -0.15) is 5.10 Å². The minimum Gasteiger partial charge on any atom is -0.356 e. The van der Waals surface area contributed by atoms with E-state index in [9.17, 15) is 9.59 Å². The van der Waals surface area contributed by atoms with Gasteiger partial charge >= 0.3 is 0 Å². The van der Waals surface area contributed by atoms with Crippen molar-refractivity contribution < 1.29 is 4.79 Å². The highest BCUT2D eigenvalue weighted by Gasteiger charge is 2.10. The number of aromatic amines is 1. The predicted molar refractivity (Wildman–Crippen MR) is 110 cm³/mol. The highest BCUT2D eigenvalue weighted by Crippen LogP contribution is 2.10. The van der Waals surface area contributed by atoms with Crippen LogP contribution in [0.4, 0.5) is 0 Å². The molecule has 2 aromatic heterocycles. The number of rotatable bonds is 8. The van der Waals surface area contributed by atoms with E-state index in [1.54, 1.807) is 13.1 Å². The zero-order chi connectivity index (χ0) is 19.9. The SMILES string of the molecule is CSc1nc(C)c(CCC(=O)NCCc2cnn(-c3ccccc3)c2)c(=O)[nH]1. The van der Waals surface area contributed by atoms with Gasteiger partial charge in [0.25, 0.3) is 5.56 Å². The maximum Gasteiger partial charge on any atom is 0.254 e. The molecule has 2 heterocycles. The van der Waals surface area contributed by atoms with E-state index in [-0.39, 0.29) is 17.9 Å².